The molecule has 0 amide bonds. The smallest absolute Gasteiger partial charge is 0.126 e. The van der Waals surface area contributed by atoms with E-state index < -0.39 is 0 Å². The molecule has 1 atom stereocenters. The summed E-state index contributed by atoms with van der Waals surface area (Å²) in [6, 6.07) is 5.84. The van der Waals surface area contributed by atoms with Crippen LogP contribution in [0.25, 0.3) is 0 Å². The maximum atomic E-state index is 13.5. The van der Waals surface area contributed by atoms with Gasteiger partial charge >= 0.3 is 0 Å². The highest BCUT2D eigenvalue weighted by Gasteiger charge is 2.21. The zero-order valence-corrected chi connectivity index (χ0v) is 11.3. The molecule has 1 fully saturated rings. The summed E-state index contributed by atoms with van der Waals surface area (Å²) >= 11 is 0. The van der Waals surface area contributed by atoms with Crippen LogP contribution in [0.5, 0.6) is 0 Å². The number of benzene rings is 1. The van der Waals surface area contributed by atoms with E-state index >= 15 is 0 Å². The second-order valence-corrected chi connectivity index (χ2v) is 5.56. The normalized spacial score (nSPS) is 20.0. The Morgan fingerprint density at radius 3 is 2.61 bits per heavy atom. The first-order chi connectivity index (χ1) is 8.56. The quantitative estimate of drug-likeness (QED) is 0.893. The summed E-state index contributed by atoms with van der Waals surface area (Å²) in [4.78, 5) is 2.39. The van der Waals surface area contributed by atoms with E-state index in [0.717, 1.165) is 43.6 Å². The summed E-state index contributed by atoms with van der Waals surface area (Å²) in [7, 11) is 0. The van der Waals surface area contributed by atoms with Crippen molar-refractivity contribution in [3.05, 3.63) is 35.1 Å². The Morgan fingerprint density at radius 2 is 2.06 bits per heavy atom. The third-order valence-electron chi connectivity index (χ3n) is 4.02. The summed E-state index contributed by atoms with van der Waals surface area (Å²) in [5.41, 5.74) is 7.72. The predicted molar refractivity (Wildman–Crippen MR) is 72.8 cm³/mol. The molecule has 0 bridgehead atoms. The molecular weight excluding hydrogens is 227 g/mol. The van der Waals surface area contributed by atoms with Crippen molar-refractivity contribution in [3.8, 4) is 0 Å². The van der Waals surface area contributed by atoms with E-state index in [0.29, 0.717) is 12.0 Å². The predicted octanol–water partition coefficient (Wildman–Crippen LogP) is 2.69. The van der Waals surface area contributed by atoms with E-state index in [1.54, 1.807) is 13.0 Å². The van der Waals surface area contributed by atoms with E-state index in [1.807, 2.05) is 12.1 Å². The number of rotatable bonds is 3. The topological polar surface area (TPSA) is 29.3 Å². The molecule has 1 aromatic carbocycles. The van der Waals surface area contributed by atoms with Crippen LogP contribution in [-0.4, -0.2) is 24.0 Å². The number of nitrogens with zero attached hydrogens (tertiary/aromatic N) is 1. The van der Waals surface area contributed by atoms with E-state index in [9.17, 15) is 4.39 Å². The van der Waals surface area contributed by atoms with Crippen molar-refractivity contribution in [1.82, 2.24) is 4.90 Å². The summed E-state index contributed by atoms with van der Waals surface area (Å²) in [6.45, 7) is 6.88. The number of piperidine rings is 1. The fraction of sp³-hybridized carbons (Fsp3) is 0.600. The standard InChI is InChI=1S/C15H23FN2/c1-11-3-4-13(9-15(11)16)10-18-7-5-14(6-8-18)12(2)17/h3-4,9,12,14H,5-8,10,17H2,1-2H3. The molecule has 0 aromatic heterocycles. The molecule has 0 saturated carbocycles. The van der Waals surface area contributed by atoms with Gasteiger partial charge in [-0.2, -0.15) is 0 Å². The van der Waals surface area contributed by atoms with Gasteiger partial charge in [-0.15, -0.1) is 0 Å². The van der Waals surface area contributed by atoms with E-state index in [1.165, 1.54) is 0 Å². The Morgan fingerprint density at radius 1 is 1.39 bits per heavy atom. The number of hydrogen-bond acceptors (Lipinski definition) is 2. The average molecular weight is 250 g/mol. The molecule has 18 heavy (non-hydrogen) atoms. The second-order valence-electron chi connectivity index (χ2n) is 5.56. The average Bonchev–Trinajstić information content (AvgIpc) is 2.34. The second kappa shape index (κ2) is 5.81. The van der Waals surface area contributed by atoms with Crippen LogP contribution in [0.1, 0.15) is 30.9 Å². The van der Waals surface area contributed by atoms with Gasteiger partial charge in [0.05, 0.1) is 0 Å². The molecule has 1 saturated heterocycles. The van der Waals surface area contributed by atoms with Crippen LogP contribution >= 0.6 is 0 Å². The summed E-state index contributed by atoms with van der Waals surface area (Å²) in [5, 5.41) is 0. The van der Waals surface area contributed by atoms with Crippen molar-refractivity contribution in [2.24, 2.45) is 11.7 Å². The Labute approximate surface area is 109 Å². The molecule has 1 unspecified atom stereocenters. The molecule has 1 aromatic rings. The highest BCUT2D eigenvalue weighted by Crippen LogP contribution is 2.21. The van der Waals surface area contributed by atoms with Crippen LogP contribution in [0, 0.1) is 18.7 Å². The van der Waals surface area contributed by atoms with Gasteiger partial charge in [0.25, 0.3) is 0 Å². The Bertz CT molecular complexity index is 395. The van der Waals surface area contributed by atoms with Crippen LogP contribution in [0.3, 0.4) is 0 Å². The van der Waals surface area contributed by atoms with Crippen LogP contribution in [0.2, 0.25) is 0 Å². The SMILES string of the molecule is Cc1ccc(CN2CCC(C(C)N)CC2)cc1F. The molecule has 0 aliphatic carbocycles. The number of aryl methyl sites for hydroxylation is 1. The van der Waals surface area contributed by atoms with Gasteiger partial charge < -0.3 is 5.73 Å². The third-order valence-corrected chi connectivity index (χ3v) is 4.02. The first-order valence-corrected chi connectivity index (χ1v) is 6.79. The van der Waals surface area contributed by atoms with Gasteiger partial charge in [0, 0.05) is 12.6 Å². The minimum Gasteiger partial charge on any atom is -0.328 e. The number of nitrogens with two attached hydrogens (primary N) is 1. The minimum atomic E-state index is -0.0991. The molecule has 3 heteroatoms. The first-order valence-electron chi connectivity index (χ1n) is 6.79. The Kier molecular flexibility index (Phi) is 4.36. The molecule has 2 N–H and O–H groups in total. The summed E-state index contributed by atoms with van der Waals surface area (Å²) < 4.78 is 13.5. The van der Waals surface area contributed by atoms with Gasteiger partial charge in [0.1, 0.15) is 5.82 Å². The molecular formula is C15H23FN2. The lowest BCUT2D eigenvalue weighted by Gasteiger charge is -2.33. The van der Waals surface area contributed by atoms with Gasteiger partial charge in [-0.05, 0) is 62.9 Å². The highest BCUT2D eigenvalue weighted by molar-refractivity contribution is 5.23. The summed E-state index contributed by atoms with van der Waals surface area (Å²) in [6.07, 6.45) is 2.32. The molecule has 1 aliphatic heterocycles. The van der Waals surface area contributed by atoms with Crippen molar-refractivity contribution in [2.75, 3.05) is 13.1 Å². The zero-order chi connectivity index (χ0) is 13.1. The minimum absolute atomic E-state index is 0.0991. The van der Waals surface area contributed by atoms with Crippen LogP contribution in [0.15, 0.2) is 18.2 Å². The maximum Gasteiger partial charge on any atom is 0.126 e. The molecule has 0 spiro atoms. The molecule has 2 nitrogen and oxygen atoms in total. The lowest BCUT2D eigenvalue weighted by Crippen LogP contribution is -2.39. The number of hydrogen-bond donors (Lipinski definition) is 1. The van der Waals surface area contributed by atoms with Gasteiger partial charge in [-0.1, -0.05) is 12.1 Å². The Balaban J connectivity index is 1.89. The van der Waals surface area contributed by atoms with E-state index in [-0.39, 0.29) is 5.82 Å². The molecule has 2 rings (SSSR count). The van der Waals surface area contributed by atoms with Crippen molar-refractivity contribution < 1.29 is 4.39 Å². The van der Waals surface area contributed by atoms with Gasteiger partial charge in [0.2, 0.25) is 0 Å². The van der Waals surface area contributed by atoms with Crippen molar-refractivity contribution in [1.29, 1.82) is 0 Å². The van der Waals surface area contributed by atoms with Crippen LogP contribution < -0.4 is 5.73 Å². The lowest BCUT2D eigenvalue weighted by molar-refractivity contribution is 0.165. The summed E-state index contributed by atoms with van der Waals surface area (Å²) in [5.74, 6) is 0.550. The highest BCUT2D eigenvalue weighted by atomic mass is 19.1. The van der Waals surface area contributed by atoms with E-state index in [4.69, 9.17) is 5.73 Å². The van der Waals surface area contributed by atoms with Crippen molar-refractivity contribution in [3.63, 3.8) is 0 Å². The van der Waals surface area contributed by atoms with E-state index in [2.05, 4.69) is 11.8 Å². The fourth-order valence-electron chi connectivity index (χ4n) is 2.63. The van der Waals surface area contributed by atoms with Crippen molar-refractivity contribution >= 4 is 0 Å². The molecule has 0 radical (unpaired) electrons. The molecule has 1 heterocycles. The first kappa shape index (κ1) is 13.5. The van der Waals surface area contributed by atoms with Gasteiger partial charge in [-0.3, -0.25) is 4.90 Å². The monoisotopic (exact) mass is 250 g/mol. The van der Waals surface area contributed by atoms with Crippen LogP contribution in [0.4, 0.5) is 4.39 Å². The maximum absolute atomic E-state index is 13.5. The molecule has 100 valence electrons. The molecule has 1 aliphatic rings. The third kappa shape index (κ3) is 3.30. The number of likely N-dealkylation sites (tertiary alicyclic amines) is 1. The van der Waals surface area contributed by atoms with Crippen molar-refractivity contribution in [2.45, 2.75) is 39.3 Å². The Hall–Kier alpha value is -0.930. The van der Waals surface area contributed by atoms with Crippen LogP contribution in [-0.2, 0) is 6.54 Å². The zero-order valence-electron chi connectivity index (χ0n) is 11.3. The lowest BCUT2D eigenvalue weighted by atomic mass is 9.91. The number of halogens is 1. The fourth-order valence-corrected chi connectivity index (χ4v) is 2.63. The van der Waals surface area contributed by atoms with Gasteiger partial charge in [-0.25, -0.2) is 4.39 Å². The van der Waals surface area contributed by atoms with Gasteiger partial charge in [0.15, 0.2) is 0 Å². The largest absolute Gasteiger partial charge is 0.328 e.